The van der Waals surface area contributed by atoms with Crippen LogP contribution in [0.3, 0.4) is 0 Å². The zero-order valence-corrected chi connectivity index (χ0v) is 12.5. The van der Waals surface area contributed by atoms with Crippen LogP contribution in [0.1, 0.15) is 31.4 Å². The van der Waals surface area contributed by atoms with Crippen LogP contribution in [0, 0.1) is 0 Å². The summed E-state index contributed by atoms with van der Waals surface area (Å²) in [6, 6.07) is 6.60. The Bertz CT molecular complexity index is 581. The van der Waals surface area contributed by atoms with Crippen molar-refractivity contribution in [3.05, 3.63) is 29.8 Å². The standard InChI is InChI=1S/C14H20N2O3S/c1-10(16-13-4-3-9-15-14(13)17)11-5-7-12(8-6-11)20(2,18)19/h5-8,10,13,16H,3-4,9H2,1-2H3,(H,15,17). The van der Waals surface area contributed by atoms with Crippen LogP contribution < -0.4 is 10.6 Å². The molecule has 0 aromatic heterocycles. The van der Waals surface area contributed by atoms with Gasteiger partial charge < -0.3 is 5.32 Å². The summed E-state index contributed by atoms with van der Waals surface area (Å²) in [7, 11) is -3.17. The first-order valence-corrected chi connectivity index (χ1v) is 8.61. The van der Waals surface area contributed by atoms with E-state index in [4.69, 9.17) is 0 Å². The van der Waals surface area contributed by atoms with E-state index in [1.165, 1.54) is 6.26 Å². The van der Waals surface area contributed by atoms with Crippen molar-refractivity contribution in [3.63, 3.8) is 0 Å². The molecule has 1 aromatic carbocycles. The number of carbonyl (C=O) groups excluding carboxylic acids is 1. The van der Waals surface area contributed by atoms with Crippen LogP contribution in [-0.4, -0.2) is 33.2 Å². The van der Waals surface area contributed by atoms with E-state index in [0.717, 1.165) is 24.9 Å². The van der Waals surface area contributed by atoms with Crippen LogP contribution in [0.15, 0.2) is 29.2 Å². The van der Waals surface area contributed by atoms with Gasteiger partial charge in [0.1, 0.15) is 0 Å². The van der Waals surface area contributed by atoms with Gasteiger partial charge in [-0.15, -0.1) is 0 Å². The van der Waals surface area contributed by atoms with Crippen molar-refractivity contribution in [2.75, 3.05) is 12.8 Å². The first-order chi connectivity index (χ1) is 9.38. The summed E-state index contributed by atoms with van der Waals surface area (Å²) >= 11 is 0. The molecule has 20 heavy (non-hydrogen) atoms. The number of sulfone groups is 1. The monoisotopic (exact) mass is 296 g/mol. The molecule has 0 aliphatic carbocycles. The van der Waals surface area contributed by atoms with Gasteiger partial charge in [0, 0.05) is 18.8 Å². The largest absolute Gasteiger partial charge is 0.355 e. The lowest BCUT2D eigenvalue weighted by Crippen LogP contribution is -2.48. The first kappa shape index (κ1) is 15.0. The van der Waals surface area contributed by atoms with E-state index < -0.39 is 9.84 Å². The van der Waals surface area contributed by atoms with Crippen LogP contribution in [0.2, 0.25) is 0 Å². The van der Waals surface area contributed by atoms with E-state index in [2.05, 4.69) is 10.6 Å². The number of piperidine rings is 1. The van der Waals surface area contributed by atoms with Gasteiger partial charge in [-0.1, -0.05) is 12.1 Å². The third kappa shape index (κ3) is 3.58. The second-order valence-electron chi connectivity index (χ2n) is 5.22. The van der Waals surface area contributed by atoms with Gasteiger partial charge >= 0.3 is 0 Å². The summed E-state index contributed by atoms with van der Waals surface area (Å²) in [5.74, 6) is 0.0378. The van der Waals surface area contributed by atoms with Crippen molar-refractivity contribution in [2.45, 2.75) is 36.7 Å². The number of hydrogen-bond donors (Lipinski definition) is 2. The molecule has 2 rings (SSSR count). The Kier molecular flexibility index (Phi) is 4.45. The van der Waals surface area contributed by atoms with Gasteiger partial charge in [0.15, 0.2) is 9.84 Å². The average Bonchev–Trinajstić information content (AvgIpc) is 2.40. The zero-order chi connectivity index (χ0) is 14.8. The van der Waals surface area contributed by atoms with E-state index >= 15 is 0 Å². The van der Waals surface area contributed by atoms with Crippen LogP contribution >= 0.6 is 0 Å². The number of hydrogen-bond acceptors (Lipinski definition) is 4. The molecule has 1 saturated heterocycles. The summed E-state index contributed by atoms with van der Waals surface area (Å²) in [5.41, 5.74) is 0.968. The molecule has 0 radical (unpaired) electrons. The molecule has 0 bridgehead atoms. The van der Waals surface area contributed by atoms with Crippen LogP contribution in [-0.2, 0) is 14.6 Å². The quantitative estimate of drug-likeness (QED) is 0.870. The first-order valence-electron chi connectivity index (χ1n) is 6.72. The Hall–Kier alpha value is -1.40. The van der Waals surface area contributed by atoms with Crippen molar-refractivity contribution >= 4 is 15.7 Å². The predicted octanol–water partition coefficient (Wildman–Crippen LogP) is 1.02. The van der Waals surface area contributed by atoms with Crippen LogP contribution in [0.25, 0.3) is 0 Å². The normalized spacial score (nSPS) is 21.3. The highest BCUT2D eigenvalue weighted by atomic mass is 32.2. The second kappa shape index (κ2) is 5.93. The fourth-order valence-corrected chi connectivity index (χ4v) is 2.96. The number of carbonyl (C=O) groups is 1. The van der Waals surface area contributed by atoms with Gasteiger partial charge in [-0.2, -0.15) is 0 Å². The average molecular weight is 296 g/mol. The number of nitrogens with one attached hydrogen (secondary N) is 2. The number of amides is 1. The summed E-state index contributed by atoms with van der Waals surface area (Å²) < 4.78 is 22.8. The summed E-state index contributed by atoms with van der Waals surface area (Å²) in [4.78, 5) is 12.0. The molecular formula is C14H20N2O3S. The Labute approximate surface area is 119 Å². The van der Waals surface area contributed by atoms with Gasteiger partial charge in [0.2, 0.25) is 5.91 Å². The third-order valence-electron chi connectivity index (χ3n) is 3.54. The zero-order valence-electron chi connectivity index (χ0n) is 11.7. The van der Waals surface area contributed by atoms with Gasteiger partial charge in [-0.3, -0.25) is 10.1 Å². The van der Waals surface area contributed by atoms with Crippen molar-refractivity contribution in [3.8, 4) is 0 Å². The molecule has 6 heteroatoms. The maximum absolute atomic E-state index is 11.7. The molecule has 2 unspecified atom stereocenters. The lowest BCUT2D eigenvalue weighted by atomic mass is 10.0. The Morgan fingerprint density at radius 2 is 1.95 bits per heavy atom. The minimum Gasteiger partial charge on any atom is -0.355 e. The molecular weight excluding hydrogens is 276 g/mol. The summed E-state index contributed by atoms with van der Waals surface area (Å²) in [5, 5.41) is 6.12. The molecule has 110 valence electrons. The lowest BCUT2D eigenvalue weighted by molar-refractivity contribution is -0.124. The van der Waals surface area contributed by atoms with Crippen LogP contribution in [0.5, 0.6) is 0 Å². The summed E-state index contributed by atoms with van der Waals surface area (Å²) in [6.45, 7) is 2.71. The molecule has 5 nitrogen and oxygen atoms in total. The van der Waals surface area contributed by atoms with Gasteiger partial charge in [-0.05, 0) is 37.5 Å². The SMILES string of the molecule is CC(NC1CCCNC1=O)c1ccc(S(C)(=O)=O)cc1. The molecule has 0 spiro atoms. The molecule has 1 fully saturated rings. The van der Waals surface area contributed by atoms with E-state index in [-0.39, 0.29) is 18.0 Å². The molecule has 0 saturated carbocycles. The highest BCUT2D eigenvalue weighted by molar-refractivity contribution is 7.90. The Morgan fingerprint density at radius 1 is 1.30 bits per heavy atom. The minimum atomic E-state index is -3.17. The minimum absolute atomic E-state index is 0.00235. The Morgan fingerprint density at radius 3 is 2.50 bits per heavy atom. The molecule has 1 aliphatic rings. The molecule has 1 aromatic rings. The molecule has 2 atom stereocenters. The molecule has 2 N–H and O–H groups in total. The van der Waals surface area contributed by atoms with Gasteiger partial charge in [-0.25, -0.2) is 8.42 Å². The number of rotatable bonds is 4. The molecule has 1 amide bonds. The van der Waals surface area contributed by atoms with E-state index in [0.29, 0.717) is 4.90 Å². The maximum atomic E-state index is 11.7. The van der Waals surface area contributed by atoms with E-state index in [1.54, 1.807) is 24.3 Å². The van der Waals surface area contributed by atoms with Crippen LogP contribution in [0.4, 0.5) is 0 Å². The summed E-state index contributed by atoms with van der Waals surface area (Å²) in [6.07, 6.45) is 3.00. The van der Waals surface area contributed by atoms with Gasteiger partial charge in [0.25, 0.3) is 0 Å². The van der Waals surface area contributed by atoms with Crippen molar-refractivity contribution in [1.29, 1.82) is 0 Å². The fraction of sp³-hybridized carbons (Fsp3) is 0.500. The fourth-order valence-electron chi connectivity index (χ4n) is 2.33. The smallest absolute Gasteiger partial charge is 0.237 e. The number of benzene rings is 1. The molecule has 1 aliphatic heterocycles. The molecule has 1 heterocycles. The highest BCUT2D eigenvalue weighted by Crippen LogP contribution is 2.18. The lowest BCUT2D eigenvalue weighted by Gasteiger charge is -2.26. The van der Waals surface area contributed by atoms with E-state index in [9.17, 15) is 13.2 Å². The van der Waals surface area contributed by atoms with Crippen molar-refractivity contribution in [1.82, 2.24) is 10.6 Å². The van der Waals surface area contributed by atoms with Gasteiger partial charge in [0.05, 0.1) is 10.9 Å². The maximum Gasteiger partial charge on any atom is 0.237 e. The second-order valence-corrected chi connectivity index (χ2v) is 7.23. The van der Waals surface area contributed by atoms with Crippen molar-refractivity contribution < 1.29 is 13.2 Å². The van der Waals surface area contributed by atoms with E-state index in [1.807, 2.05) is 6.92 Å². The third-order valence-corrected chi connectivity index (χ3v) is 4.67. The Balaban J connectivity index is 2.05. The predicted molar refractivity (Wildman–Crippen MR) is 77.1 cm³/mol. The highest BCUT2D eigenvalue weighted by Gasteiger charge is 2.23. The van der Waals surface area contributed by atoms with Crippen molar-refractivity contribution in [2.24, 2.45) is 0 Å². The topological polar surface area (TPSA) is 75.3 Å².